The molecule has 34 heavy (non-hydrogen) atoms. The third-order valence-corrected chi connectivity index (χ3v) is 6.28. The molecule has 4 rings (SSSR count). The van der Waals surface area contributed by atoms with Crippen LogP contribution in [-0.2, 0) is 11.3 Å². The summed E-state index contributed by atoms with van der Waals surface area (Å²) in [6.45, 7) is 0.967. The number of amides is 2. The number of ether oxygens (including phenoxy) is 1. The first-order valence-corrected chi connectivity index (χ1v) is 11.7. The third-order valence-electron chi connectivity index (χ3n) is 5.24. The van der Waals surface area contributed by atoms with Gasteiger partial charge in [0.05, 0.1) is 18.6 Å². The lowest BCUT2D eigenvalue weighted by molar-refractivity contribution is -0.113. The number of hydrogen-bond donors (Lipinski definition) is 2. The molecule has 0 atom stereocenters. The molecule has 0 saturated carbocycles. The van der Waals surface area contributed by atoms with Gasteiger partial charge in [-0.1, -0.05) is 30.3 Å². The fourth-order valence-electron chi connectivity index (χ4n) is 3.58. The van der Waals surface area contributed by atoms with Gasteiger partial charge < -0.3 is 19.9 Å². The molecule has 6 nitrogen and oxygen atoms in total. The number of benzene rings is 3. The number of fused-ring (bicyclic) bond motifs is 1. The van der Waals surface area contributed by atoms with Gasteiger partial charge in [-0.3, -0.25) is 9.59 Å². The van der Waals surface area contributed by atoms with Crippen molar-refractivity contribution in [3.8, 4) is 5.75 Å². The molecule has 0 bridgehead atoms. The molecule has 3 aromatic carbocycles. The zero-order valence-corrected chi connectivity index (χ0v) is 19.4. The van der Waals surface area contributed by atoms with E-state index in [1.165, 1.54) is 36.0 Å². The van der Waals surface area contributed by atoms with E-state index in [-0.39, 0.29) is 23.4 Å². The van der Waals surface area contributed by atoms with Crippen LogP contribution in [0.2, 0.25) is 0 Å². The second-order valence-corrected chi connectivity index (χ2v) is 8.52. The van der Waals surface area contributed by atoms with Crippen LogP contribution in [-0.4, -0.2) is 35.8 Å². The minimum atomic E-state index is -0.378. The lowest BCUT2D eigenvalue weighted by Crippen LogP contribution is -2.27. The maximum absolute atomic E-state index is 13.1. The average molecular weight is 478 g/mol. The minimum Gasteiger partial charge on any atom is -0.495 e. The van der Waals surface area contributed by atoms with Crippen molar-refractivity contribution in [2.75, 3.05) is 24.7 Å². The van der Waals surface area contributed by atoms with Gasteiger partial charge in [-0.05, 0) is 42.5 Å². The van der Waals surface area contributed by atoms with Gasteiger partial charge in [-0.15, -0.1) is 11.8 Å². The lowest BCUT2D eigenvalue weighted by atomic mass is 10.2. The number of carbonyl (C=O) groups excluding carboxylic acids is 2. The van der Waals surface area contributed by atoms with E-state index in [9.17, 15) is 14.0 Å². The van der Waals surface area contributed by atoms with Crippen molar-refractivity contribution < 1.29 is 18.7 Å². The van der Waals surface area contributed by atoms with Crippen LogP contribution < -0.4 is 15.4 Å². The van der Waals surface area contributed by atoms with E-state index in [0.29, 0.717) is 30.1 Å². The third kappa shape index (κ3) is 5.58. The molecule has 0 radical (unpaired) electrons. The molecule has 174 valence electrons. The summed E-state index contributed by atoms with van der Waals surface area (Å²) in [7, 11) is 1.57. The quantitative estimate of drug-likeness (QED) is 0.335. The first kappa shape index (κ1) is 23.4. The van der Waals surface area contributed by atoms with E-state index in [4.69, 9.17) is 4.74 Å². The molecular formula is C26H24FN3O3S. The Labute approximate surface area is 201 Å². The first-order chi connectivity index (χ1) is 16.5. The van der Waals surface area contributed by atoms with Crippen molar-refractivity contribution >= 4 is 40.2 Å². The number of methoxy groups -OCH3 is 1. The molecule has 8 heteroatoms. The van der Waals surface area contributed by atoms with Crippen LogP contribution in [0.5, 0.6) is 5.75 Å². The van der Waals surface area contributed by atoms with E-state index in [1.54, 1.807) is 19.2 Å². The van der Waals surface area contributed by atoms with Gasteiger partial charge in [0.25, 0.3) is 5.91 Å². The maximum Gasteiger partial charge on any atom is 0.251 e. The van der Waals surface area contributed by atoms with Gasteiger partial charge in [0.15, 0.2) is 0 Å². The standard InChI is InChI=1S/C26H24FN3O3S/c1-33-23-9-5-3-7-21(23)29-25(31)17-34-24-16-30(22-8-4-2-6-20(22)24)15-14-28-26(32)18-10-12-19(27)13-11-18/h2-13,16H,14-15,17H2,1H3,(H,28,32)(H,29,31). The molecule has 2 amide bonds. The average Bonchev–Trinajstić information content (AvgIpc) is 3.21. The second-order valence-electron chi connectivity index (χ2n) is 7.50. The molecule has 0 fully saturated rings. The summed E-state index contributed by atoms with van der Waals surface area (Å²) in [5, 5.41) is 6.80. The molecule has 0 aliphatic rings. The highest BCUT2D eigenvalue weighted by molar-refractivity contribution is 8.00. The Morgan fingerprint density at radius 2 is 1.74 bits per heavy atom. The van der Waals surface area contributed by atoms with Crippen molar-refractivity contribution in [1.29, 1.82) is 0 Å². The molecule has 1 aromatic heterocycles. The van der Waals surface area contributed by atoms with E-state index in [1.807, 2.05) is 42.6 Å². The van der Waals surface area contributed by atoms with Crippen molar-refractivity contribution in [3.05, 3.63) is 90.4 Å². The number of rotatable bonds is 9. The number of halogens is 1. The fraction of sp³-hybridized carbons (Fsp3) is 0.154. The van der Waals surface area contributed by atoms with Gasteiger partial charge in [0, 0.05) is 40.6 Å². The molecule has 0 spiro atoms. The molecular weight excluding hydrogens is 453 g/mol. The van der Waals surface area contributed by atoms with Crippen LogP contribution in [0.3, 0.4) is 0 Å². The van der Waals surface area contributed by atoms with Crippen molar-refractivity contribution in [2.45, 2.75) is 11.4 Å². The van der Waals surface area contributed by atoms with E-state index >= 15 is 0 Å². The molecule has 0 saturated heterocycles. The summed E-state index contributed by atoms with van der Waals surface area (Å²) < 4.78 is 20.4. The Kier molecular flexibility index (Phi) is 7.49. The summed E-state index contributed by atoms with van der Waals surface area (Å²) in [5.41, 5.74) is 2.07. The Morgan fingerprint density at radius 3 is 2.53 bits per heavy atom. The Bertz CT molecular complexity index is 1300. The number of thioether (sulfide) groups is 1. The smallest absolute Gasteiger partial charge is 0.251 e. The number of hydrogen-bond acceptors (Lipinski definition) is 4. The molecule has 2 N–H and O–H groups in total. The number of para-hydroxylation sites is 3. The van der Waals surface area contributed by atoms with Gasteiger partial charge in [-0.25, -0.2) is 4.39 Å². The van der Waals surface area contributed by atoms with Crippen LogP contribution in [0.25, 0.3) is 10.9 Å². The number of anilines is 1. The largest absolute Gasteiger partial charge is 0.495 e. The highest BCUT2D eigenvalue weighted by Crippen LogP contribution is 2.30. The molecule has 0 aliphatic carbocycles. The Morgan fingerprint density at radius 1 is 1.00 bits per heavy atom. The summed E-state index contributed by atoms with van der Waals surface area (Å²) in [6, 6.07) is 20.7. The SMILES string of the molecule is COc1ccccc1NC(=O)CSc1cn(CCNC(=O)c2ccc(F)cc2)c2ccccc12. The highest BCUT2D eigenvalue weighted by Gasteiger charge is 2.13. The van der Waals surface area contributed by atoms with E-state index < -0.39 is 0 Å². The summed E-state index contributed by atoms with van der Waals surface area (Å²) in [4.78, 5) is 25.8. The summed E-state index contributed by atoms with van der Waals surface area (Å²) in [5.74, 6) is 0.0990. The van der Waals surface area contributed by atoms with Gasteiger partial charge in [0.1, 0.15) is 11.6 Å². The maximum atomic E-state index is 13.1. The molecule has 4 aromatic rings. The Hall–Kier alpha value is -3.78. The van der Waals surface area contributed by atoms with Crippen LogP contribution in [0.1, 0.15) is 10.4 Å². The van der Waals surface area contributed by atoms with Crippen LogP contribution in [0.15, 0.2) is 83.9 Å². The number of aromatic nitrogens is 1. The van der Waals surface area contributed by atoms with Gasteiger partial charge in [-0.2, -0.15) is 0 Å². The summed E-state index contributed by atoms with van der Waals surface area (Å²) in [6.07, 6.45) is 2.00. The summed E-state index contributed by atoms with van der Waals surface area (Å²) >= 11 is 1.45. The normalized spacial score (nSPS) is 10.8. The topological polar surface area (TPSA) is 72.4 Å². The van der Waals surface area contributed by atoms with E-state index in [2.05, 4.69) is 15.2 Å². The van der Waals surface area contributed by atoms with E-state index in [0.717, 1.165) is 15.8 Å². The van der Waals surface area contributed by atoms with Crippen molar-refractivity contribution in [1.82, 2.24) is 9.88 Å². The number of nitrogens with zero attached hydrogens (tertiary/aromatic N) is 1. The van der Waals surface area contributed by atoms with Crippen LogP contribution >= 0.6 is 11.8 Å². The first-order valence-electron chi connectivity index (χ1n) is 10.7. The predicted molar refractivity (Wildman–Crippen MR) is 133 cm³/mol. The van der Waals surface area contributed by atoms with Crippen molar-refractivity contribution in [3.63, 3.8) is 0 Å². The number of nitrogens with one attached hydrogen (secondary N) is 2. The lowest BCUT2D eigenvalue weighted by Gasteiger charge is -2.09. The zero-order valence-electron chi connectivity index (χ0n) is 18.6. The van der Waals surface area contributed by atoms with Crippen LogP contribution in [0.4, 0.5) is 10.1 Å². The van der Waals surface area contributed by atoms with Crippen LogP contribution in [0, 0.1) is 5.82 Å². The highest BCUT2D eigenvalue weighted by atomic mass is 32.2. The fourth-order valence-corrected chi connectivity index (χ4v) is 4.47. The minimum absolute atomic E-state index is 0.127. The number of carbonyl (C=O) groups is 2. The molecule has 0 aliphatic heterocycles. The Balaban J connectivity index is 1.39. The molecule has 1 heterocycles. The predicted octanol–water partition coefficient (Wildman–Crippen LogP) is 4.95. The monoisotopic (exact) mass is 477 g/mol. The van der Waals surface area contributed by atoms with Gasteiger partial charge in [0.2, 0.25) is 5.91 Å². The van der Waals surface area contributed by atoms with Gasteiger partial charge >= 0.3 is 0 Å². The zero-order chi connectivity index (χ0) is 23.9. The second kappa shape index (κ2) is 10.9. The molecule has 0 unspecified atom stereocenters. The van der Waals surface area contributed by atoms with Crippen molar-refractivity contribution in [2.24, 2.45) is 0 Å².